The molecule has 5 rings (SSSR count). The Bertz CT molecular complexity index is 1210. The van der Waals surface area contributed by atoms with E-state index in [1.165, 1.54) is 36.2 Å². The topological polar surface area (TPSA) is 88.4 Å². The summed E-state index contributed by atoms with van der Waals surface area (Å²) in [5, 5.41) is 0. The highest BCUT2D eigenvalue weighted by molar-refractivity contribution is 7.91. The maximum absolute atomic E-state index is 11.8. The van der Waals surface area contributed by atoms with E-state index in [1.807, 2.05) is 18.2 Å². The van der Waals surface area contributed by atoms with Gasteiger partial charge in [0.25, 0.3) is 0 Å². The molecule has 2 atom stereocenters. The lowest BCUT2D eigenvalue weighted by Crippen LogP contribution is -2.23. The fourth-order valence-electron chi connectivity index (χ4n) is 4.32. The molecule has 1 N–H and O–H groups in total. The molecular formula is C24H26N4O3S. The standard InChI is InChI=1S/C24H26N4O3S/c1-32(25,29)20-14-26-24(27-15-20)18-6-4-17(5-7-18)16-28-10-2-3-21(28)19-8-9-22-23(13-19)31-12-11-30-22/h4-9,13-15,21,25H,2-3,10-12,16H2,1H3. The SMILES string of the molecule is CS(=N)(=O)c1cnc(-c2ccc(CN3CCCC3c3ccc4c(c3)OCCO4)cc2)nc1. The van der Waals surface area contributed by atoms with E-state index in [9.17, 15) is 4.21 Å². The molecule has 3 aromatic rings. The average Bonchev–Trinajstić information content (AvgIpc) is 3.27. The minimum atomic E-state index is -2.80. The fourth-order valence-corrected chi connectivity index (χ4v) is 4.83. The third kappa shape index (κ3) is 4.33. The second kappa shape index (κ2) is 8.52. The van der Waals surface area contributed by atoms with Gasteiger partial charge in [-0.2, -0.15) is 0 Å². The number of nitrogens with zero attached hydrogens (tertiary/aromatic N) is 3. The highest BCUT2D eigenvalue weighted by Gasteiger charge is 2.27. The van der Waals surface area contributed by atoms with E-state index in [0.717, 1.165) is 36.6 Å². The molecule has 2 aromatic carbocycles. The van der Waals surface area contributed by atoms with E-state index in [1.54, 1.807) is 0 Å². The number of hydrogen-bond donors (Lipinski definition) is 1. The summed E-state index contributed by atoms with van der Waals surface area (Å²) in [5.74, 6) is 2.25. The summed E-state index contributed by atoms with van der Waals surface area (Å²) >= 11 is 0. The van der Waals surface area contributed by atoms with Gasteiger partial charge in [-0.05, 0) is 42.6 Å². The highest BCUT2D eigenvalue weighted by Crippen LogP contribution is 2.38. The van der Waals surface area contributed by atoms with Crippen molar-refractivity contribution in [1.29, 1.82) is 4.78 Å². The van der Waals surface area contributed by atoms with Crippen molar-refractivity contribution in [3.8, 4) is 22.9 Å². The number of hydrogen-bond acceptors (Lipinski definition) is 7. The minimum absolute atomic E-state index is 0.345. The van der Waals surface area contributed by atoms with Crippen molar-refractivity contribution in [3.63, 3.8) is 0 Å². The monoisotopic (exact) mass is 450 g/mol. The van der Waals surface area contributed by atoms with Crippen LogP contribution in [0.3, 0.4) is 0 Å². The Labute approximate surface area is 188 Å². The van der Waals surface area contributed by atoms with Crippen LogP contribution in [0.1, 0.15) is 30.0 Å². The lowest BCUT2D eigenvalue weighted by molar-refractivity contribution is 0.170. The molecule has 0 saturated carbocycles. The van der Waals surface area contributed by atoms with E-state index >= 15 is 0 Å². The molecule has 166 valence electrons. The highest BCUT2D eigenvalue weighted by atomic mass is 32.2. The third-order valence-corrected chi connectivity index (χ3v) is 7.10. The molecule has 2 aliphatic heterocycles. The number of ether oxygens (including phenoxy) is 2. The first-order chi connectivity index (χ1) is 15.5. The molecule has 1 saturated heterocycles. The fraction of sp³-hybridized carbons (Fsp3) is 0.333. The average molecular weight is 451 g/mol. The van der Waals surface area contributed by atoms with Crippen LogP contribution in [0, 0.1) is 4.78 Å². The molecule has 7 nitrogen and oxygen atoms in total. The summed E-state index contributed by atoms with van der Waals surface area (Å²) < 4.78 is 30.9. The predicted molar refractivity (Wildman–Crippen MR) is 122 cm³/mol. The Morgan fingerprint density at radius 2 is 1.78 bits per heavy atom. The van der Waals surface area contributed by atoms with Gasteiger partial charge in [0.2, 0.25) is 0 Å². The normalized spacial score (nSPS) is 20.1. The maximum Gasteiger partial charge on any atom is 0.161 e. The second-order valence-corrected chi connectivity index (χ2v) is 10.5. The molecule has 2 aliphatic rings. The molecule has 32 heavy (non-hydrogen) atoms. The molecule has 0 amide bonds. The lowest BCUT2D eigenvalue weighted by Gasteiger charge is -2.26. The number of benzene rings is 2. The molecule has 3 heterocycles. The van der Waals surface area contributed by atoms with Gasteiger partial charge in [0.15, 0.2) is 17.3 Å². The predicted octanol–water partition coefficient (Wildman–Crippen LogP) is 4.29. The van der Waals surface area contributed by atoms with Crippen LogP contribution in [0.4, 0.5) is 0 Å². The zero-order chi connectivity index (χ0) is 22.1. The van der Waals surface area contributed by atoms with E-state index < -0.39 is 9.73 Å². The molecule has 0 spiro atoms. The first-order valence-electron chi connectivity index (χ1n) is 10.8. The van der Waals surface area contributed by atoms with Crippen LogP contribution >= 0.6 is 0 Å². The molecular weight excluding hydrogens is 424 g/mol. The van der Waals surface area contributed by atoms with Crippen molar-refractivity contribution in [1.82, 2.24) is 14.9 Å². The van der Waals surface area contributed by atoms with Gasteiger partial charge < -0.3 is 9.47 Å². The summed E-state index contributed by atoms with van der Waals surface area (Å²) in [6.45, 7) is 3.14. The van der Waals surface area contributed by atoms with Crippen LogP contribution < -0.4 is 9.47 Å². The number of aromatic nitrogens is 2. The van der Waals surface area contributed by atoms with Crippen molar-refractivity contribution in [2.24, 2.45) is 0 Å². The number of likely N-dealkylation sites (tertiary alicyclic amines) is 1. The quantitative estimate of drug-likeness (QED) is 0.624. The largest absolute Gasteiger partial charge is 0.486 e. The Morgan fingerprint density at radius 3 is 2.50 bits per heavy atom. The molecule has 0 radical (unpaired) electrons. The van der Waals surface area contributed by atoms with Crippen molar-refractivity contribution in [2.75, 3.05) is 26.0 Å². The van der Waals surface area contributed by atoms with Crippen LogP contribution in [0.15, 0.2) is 59.8 Å². The smallest absolute Gasteiger partial charge is 0.161 e. The van der Waals surface area contributed by atoms with E-state index in [2.05, 4.69) is 39.1 Å². The summed E-state index contributed by atoms with van der Waals surface area (Å²) in [4.78, 5) is 11.4. The second-order valence-electron chi connectivity index (χ2n) is 8.31. The van der Waals surface area contributed by atoms with Gasteiger partial charge >= 0.3 is 0 Å². The molecule has 1 fully saturated rings. The van der Waals surface area contributed by atoms with Crippen LogP contribution in [0.25, 0.3) is 11.4 Å². The minimum Gasteiger partial charge on any atom is -0.486 e. The number of rotatable bonds is 5. The summed E-state index contributed by atoms with van der Waals surface area (Å²) in [5.41, 5.74) is 3.41. The van der Waals surface area contributed by atoms with Crippen molar-refractivity contribution in [3.05, 3.63) is 66.0 Å². The molecule has 1 aromatic heterocycles. The van der Waals surface area contributed by atoms with Crippen LogP contribution in [-0.2, 0) is 16.3 Å². The van der Waals surface area contributed by atoms with Crippen molar-refractivity contribution in [2.45, 2.75) is 30.3 Å². The van der Waals surface area contributed by atoms with Crippen LogP contribution in [-0.4, -0.2) is 45.1 Å². The molecule has 0 aliphatic carbocycles. The number of fused-ring (bicyclic) bond motifs is 1. The van der Waals surface area contributed by atoms with Gasteiger partial charge in [0.05, 0.1) is 14.6 Å². The zero-order valence-electron chi connectivity index (χ0n) is 18.0. The zero-order valence-corrected chi connectivity index (χ0v) is 18.8. The van der Waals surface area contributed by atoms with Gasteiger partial charge in [0.1, 0.15) is 13.2 Å². The maximum atomic E-state index is 11.8. The first kappa shape index (κ1) is 20.9. The van der Waals surface area contributed by atoms with E-state index in [-0.39, 0.29) is 0 Å². The molecule has 2 unspecified atom stereocenters. The van der Waals surface area contributed by atoms with Gasteiger partial charge in [-0.3, -0.25) is 4.90 Å². The summed E-state index contributed by atoms with van der Waals surface area (Å²) in [6, 6.07) is 14.9. The van der Waals surface area contributed by atoms with Gasteiger partial charge in [-0.25, -0.2) is 19.0 Å². The number of nitrogens with one attached hydrogen (secondary N) is 1. The Kier molecular flexibility index (Phi) is 5.57. The van der Waals surface area contributed by atoms with Gasteiger partial charge in [0, 0.05) is 36.8 Å². The van der Waals surface area contributed by atoms with Gasteiger partial charge in [-0.1, -0.05) is 30.3 Å². The van der Waals surface area contributed by atoms with Crippen LogP contribution in [0.2, 0.25) is 0 Å². The van der Waals surface area contributed by atoms with Crippen LogP contribution in [0.5, 0.6) is 11.5 Å². The summed E-state index contributed by atoms with van der Waals surface area (Å²) in [6.07, 6.45) is 6.64. The third-order valence-electron chi connectivity index (χ3n) is 5.99. The Hall–Kier alpha value is -2.97. The first-order valence-corrected chi connectivity index (χ1v) is 12.7. The van der Waals surface area contributed by atoms with E-state index in [0.29, 0.717) is 30.0 Å². The molecule has 0 bridgehead atoms. The molecule has 8 heteroatoms. The van der Waals surface area contributed by atoms with Crippen molar-refractivity contribution < 1.29 is 13.7 Å². The van der Waals surface area contributed by atoms with E-state index in [4.69, 9.17) is 14.3 Å². The summed E-state index contributed by atoms with van der Waals surface area (Å²) in [7, 11) is -2.80. The lowest BCUT2D eigenvalue weighted by atomic mass is 10.0. The van der Waals surface area contributed by atoms with Gasteiger partial charge in [-0.15, -0.1) is 0 Å². The van der Waals surface area contributed by atoms with Crippen molar-refractivity contribution >= 4 is 9.73 Å². The Morgan fingerprint density at radius 1 is 1.06 bits per heavy atom. The Balaban J connectivity index is 1.30.